The van der Waals surface area contributed by atoms with Gasteiger partial charge >= 0.3 is 5.97 Å². The van der Waals surface area contributed by atoms with Crippen molar-refractivity contribution in [1.29, 1.82) is 5.26 Å². The molecule has 19 heavy (non-hydrogen) atoms. The minimum absolute atomic E-state index is 0.0233. The second kappa shape index (κ2) is 5.63. The van der Waals surface area contributed by atoms with E-state index >= 15 is 0 Å². The van der Waals surface area contributed by atoms with Gasteiger partial charge in [-0.3, -0.25) is 4.79 Å². The Morgan fingerprint density at radius 3 is 2.37 bits per heavy atom. The Morgan fingerprint density at radius 2 is 1.89 bits per heavy atom. The maximum absolute atomic E-state index is 11.9. The summed E-state index contributed by atoms with van der Waals surface area (Å²) in [6.07, 6.45) is -0.0233. The molecule has 0 heterocycles. The lowest BCUT2D eigenvalue weighted by molar-refractivity contribution is -0.155. The molecule has 0 amide bonds. The van der Waals surface area contributed by atoms with Crippen molar-refractivity contribution < 1.29 is 9.53 Å². The topological polar surface area (TPSA) is 50.1 Å². The lowest BCUT2D eigenvalue weighted by Gasteiger charge is -2.25. The molecule has 0 N–H and O–H groups in total. The van der Waals surface area contributed by atoms with Gasteiger partial charge in [0.15, 0.2) is 0 Å². The monoisotopic (exact) mass is 279 g/mol. The first-order valence-electron chi connectivity index (χ1n) is 6.06. The zero-order valence-electron chi connectivity index (χ0n) is 11.7. The van der Waals surface area contributed by atoms with Crippen LogP contribution >= 0.6 is 11.6 Å². The lowest BCUT2D eigenvalue weighted by Crippen LogP contribution is -2.30. The van der Waals surface area contributed by atoms with Crippen LogP contribution in [0.2, 0.25) is 5.02 Å². The van der Waals surface area contributed by atoms with E-state index in [4.69, 9.17) is 16.3 Å². The van der Waals surface area contributed by atoms with Crippen molar-refractivity contribution in [2.75, 3.05) is 0 Å². The van der Waals surface area contributed by atoms with E-state index in [9.17, 15) is 10.1 Å². The molecule has 1 rings (SSSR count). The summed E-state index contributed by atoms with van der Waals surface area (Å²) in [7, 11) is 0. The number of nitriles is 1. The van der Waals surface area contributed by atoms with Crippen molar-refractivity contribution in [3.05, 3.63) is 34.9 Å². The van der Waals surface area contributed by atoms with Crippen LogP contribution in [0.15, 0.2) is 24.3 Å². The summed E-state index contributed by atoms with van der Waals surface area (Å²) >= 11 is 6.10. The van der Waals surface area contributed by atoms with E-state index < -0.39 is 17.0 Å². The number of hydrogen-bond donors (Lipinski definition) is 0. The number of hydrogen-bond acceptors (Lipinski definition) is 3. The van der Waals surface area contributed by atoms with Crippen molar-refractivity contribution in [1.82, 2.24) is 0 Å². The number of carbonyl (C=O) groups excluding carboxylic acids is 1. The predicted molar refractivity (Wildman–Crippen MR) is 74.9 cm³/mol. The first-order chi connectivity index (χ1) is 8.68. The van der Waals surface area contributed by atoms with Gasteiger partial charge in [0.1, 0.15) is 5.60 Å². The Balaban J connectivity index is 2.98. The third-order valence-corrected chi connectivity index (χ3v) is 2.96. The van der Waals surface area contributed by atoms with Gasteiger partial charge in [0.2, 0.25) is 0 Å². The molecule has 1 aromatic carbocycles. The molecule has 1 unspecified atom stereocenters. The molecule has 4 heteroatoms. The van der Waals surface area contributed by atoms with E-state index in [1.54, 1.807) is 52.0 Å². The lowest BCUT2D eigenvalue weighted by atomic mass is 9.81. The second-order valence-electron chi connectivity index (χ2n) is 5.69. The maximum atomic E-state index is 11.9. The SMILES string of the molecule is CC(C)(C)OC(=O)CC(C)(C#N)c1ccccc1Cl. The first kappa shape index (κ1) is 15.5. The van der Waals surface area contributed by atoms with Gasteiger partial charge in [0, 0.05) is 5.02 Å². The molecule has 1 aromatic rings. The van der Waals surface area contributed by atoms with Crippen LogP contribution < -0.4 is 0 Å². The van der Waals surface area contributed by atoms with Crippen LogP contribution in [0, 0.1) is 11.3 Å². The summed E-state index contributed by atoms with van der Waals surface area (Å²) in [4.78, 5) is 11.9. The van der Waals surface area contributed by atoms with Crippen LogP contribution in [-0.4, -0.2) is 11.6 Å². The van der Waals surface area contributed by atoms with Gasteiger partial charge in [-0.05, 0) is 39.3 Å². The Hall–Kier alpha value is -1.53. The number of nitrogens with zero attached hydrogens (tertiary/aromatic N) is 1. The number of ether oxygens (including phenoxy) is 1. The van der Waals surface area contributed by atoms with Crippen molar-refractivity contribution in [3.63, 3.8) is 0 Å². The van der Waals surface area contributed by atoms with Gasteiger partial charge < -0.3 is 4.74 Å². The summed E-state index contributed by atoms with van der Waals surface area (Å²) < 4.78 is 5.26. The smallest absolute Gasteiger partial charge is 0.308 e. The van der Waals surface area contributed by atoms with Gasteiger partial charge in [0.05, 0.1) is 17.9 Å². The number of halogens is 1. The van der Waals surface area contributed by atoms with Crippen LogP contribution in [0.5, 0.6) is 0 Å². The van der Waals surface area contributed by atoms with E-state index in [1.807, 2.05) is 0 Å². The molecule has 0 saturated carbocycles. The van der Waals surface area contributed by atoms with Crippen LogP contribution in [0.3, 0.4) is 0 Å². The minimum Gasteiger partial charge on any atom is -0.460 e. The third kappa shape index (κ3) is 4.25. The molecule has 102 valence electrons. The van der Waals surface area contributed by atoms with Crippen molar-refractivity contribution in [2.24, 2.45) is 0 Å². The highest BCUT2D eigenvalue weighted by Gasteiger charge is 2.33. The first-order valence-corrected chi connectivity index (χ1v) is 6.44. The minimum atomic E-state index is -0.985. The Kier molecular flexibility index (Phi) is 4.60. The van der Waals surface area contributed by atoms with Gasteiger partial charge in [-0.15, -0.1) is 0 Å². The highest BCUT2D eigenvalue weighted by atomic mass is 35.5. The van der Waals surface area contributed by atoms with Crippen molar-refractivity contribution in [3.8, 4) is 6.07 Å². The van der Waals surface area contributed by atoms with Gasteiger partial charge in [-0.2, -0.15) is 5.26 Å². The summed E-state index contributed by atoms with van der Waals surface area (Å²) in [6, 6.07) is 9.22. The van der Waals surface area contributed by atoms with Crippen molar-refractivity contribution >= 4 is 17.6 Å². The number of benzene rings is 1. The van der Waals surface area contributed by atoms with E-state index in [1.165, 1.54) is 0 Å². The Labute approximate surface area is 119 Å². The normalized spacial score (nSPS) is 14.3. The molecule has 0 aromatic heterocycles. The van der Waals surface area contributed by atoms with Crippen molar-refractivity contribution in [2.45, 2.75) is 45.1 Å². The Bertz CT molecular complexity index is 514. The molecular weight excluding hydrogens is 262 g/mol. The number of rotatable bonds is 3. The molecule has 0 bridgehead atoms. The fourth-order valence-corrected chi connectivity index (χ4v) is 2.11. The average molecular weight is 280 g/mol. The molecule has 0 spiro atoms. The van der Waals surface area contributed by atoms with E-state index in [0.29, 0.717) is 10.6 Å². The standard InChI is InChI=1S/C15H18ClNO2/c1-14(2,3)19-13(18)9-15(4,10-17)11-7-5-6-8-12(11)16/h5-8H,9H2,1-4H3. The fourth-order valence-electron chi connectivity index (χ4n) is 1.77. The van der Waals surface area contributed by atoms with Crippen LogP contribution in [0.1, 0.15) is 39.7 Å². The van der Waals surface area contributed by atoms with Crippen LogP contribution in [-0.2, 0) is 14.9 Å². The molecule has 0 radical (unpaired) electrons. The zero-order valence-corrected chi connectivity index (χ0v) is 12.4. The molecule has 0 aliphatic rings. The van der Waals surface area contributed by atoms with Gasteiger partial charge in [-0.25, -0.2) is 0 Å². The van der Waals surface area contributed by atoms with E-state index in [0.717, 1.165) is 0 Å². The molecular formula is C15H18ClNO2. The number of esters is 1. The Morgan fingerprint density at radius 1 is 1.32 bits per heavy atom. The maximum Gasteiger partial charge on any atom is 0.308 e. The molecule has 0 aliphatic carbocycles. The molecule has 0 fully saturated rings. The van der Waals surface area contributed by atoms with Crippen LogP contribution in [0.25, 0.3) is 0 Å². The summed E-state index contributed by atoms with van der Waals surface area (Å²) in [5.74, 6) is -0.406. The number of carbonyl (C=O) groups is 1. The van der Waals surface area contributed by atoms with E-state index in [2.05, 4.69) is 6.07 Å². The largest absolute Gasteiger partial charge is 0.460 e. The highest BCUT2D eigenvalue weighted by molar-refractivity contribution is 6.31. The highest BCUT2D eigenvalue weighted by Crippen LogP contribution is 2.33. The van der Waals surface area contributed by atoms with Gasteiger partial charge in [0.25, 0.3) is 0 Å². The average Bonchev–Trinajstić information content (AvgIpc) is 2.26. The predicted octanol–water partition coefficient (Wildman–Crippen LogP) is 3.85. The van der Waals surface area contributed by atoms with Crippen LogP contribution in [0.4, 0.5) is 0 Å². The summed E-state index contributed by atoms with van der Waals surface area (Å²) in [5, 5.41) is 9.88. The molecule has 0 aliphatic heterocycles. The summed E-state index contributed by atoms with van der Waals surface area (Å²) in [6.45, 7) is 7.08. The van der Waals surface area contributed by atoms with Gasteiger partial charge in [-0.1, -0.05) is 29.8 Å². The molecule has 0 saturated heterocycles. The quantitative estimate of drug-likeness (QED) is 0.790. The zero-order chi connectivity index (χ0) is 14.7. The second-order valence-corrected chi connectivity index (χ2v) is 6.09. The fraction of sp³-hybridized carbons (Fsp3) is 0.467. The summed E-state index contributed by atoms with van der Waals surface area (Å²) in [5.41, 5.74) is -0.903. The van der Waals surface area contributed by atoms with E-state index in [-0.39, 0.29) is 6.42 Å². The third-order valence-electron chi connectivity index (χ3n) is 2.63. The molecule has 1 atom stereocenters. The molecule has 3 nitrogen and oxygen atoms in total.